The minimum absolute atomic E-state index is 0.0214. The van der Waals surface area contributed by atoms with Crippen molar-refractivity contribution in [2.24, 2.45) is 5.92 Å². The summed E-state index contributed by atoms with van der Waals surface area (Å²) in [5.41, 5.74) is 1.08. The van der Waals surface area contributed by atoms with Gasteiger partial charge in [-0.3, -0.25) is 4.79 Å². The molecule has 1 N–H and O–H groups in total. The van der Waals surface area contributed by atoms with Crippen LogP contribution in [0.3, 0.4) is 0 Å². The van der Waals surface area contributed by atoms with Gasteiger partial charge in [0.2, 0.25) is 0 Å². The largest absolute Gasteiger partial charge is 0.486 e. The summed E-state index contributed by atoms with van der Waals surface area (Å²) in [6.45, 7) is 0.961. The van der Waals surface area contributed by atoms with Crippen LogP contribution in [0.15, 0.2) is 36.4 Å². The lowest BCUT2D eigenvalue weighted by Gasteiger charge is -2.19. The first-order valence-corrected chi connectivity index (χ1v) is 8.21. The van der Waals surface area contributed by atoms with Gasteiger partial charge in [0.25, 0.3) is 5.91 Å². The molecular weight excluding hydrogens is 321 g/mol. The van der Waals surface area contributed by atoms with Gasteiger partial charge in [-0.1, -0.05) is 11.8 Å². The average Bonchev–Trinajstić information content (AvgIpc) is 3.44. The van der Waals surface area contributed by atoms with Crippen LogP contribution in [-0.4, -0.2) is 19.1 Å². The van der Waals surface area contributed by atoms with Crippen LogP contribution in [0.2, 0.25) is 0 Å². The molecule has 5 heteroatoms. The van der Waals surface area contributed by atoms with Crippen LogP contribution in [-0.2, 0) is 0 Å². The monoisotopic (exact) mass is 337 g/mol. The number of halogens is 1. The number of ether oxygens (including phenoxy) is 2. The van der Waals surface area contributed by atoms with Gasteiger partial charge in [0.1, 0.15) is 19.0 Å². The first-order valence-electron chi connectivity index (χ1n) is 8.21. The van der Waals surface area contributed by atoms with Crippen LogP contribution in [0.25, 0.3) is 0 Å². The number of carbonyl (C=O) groups is 1. The molecule has 1 amide bonds. The Balaban J connectivity index is 1.50. The SMILES string of the molecule is O=C(Nc1ccc2c(c1)OCCO2)c1ccc(C#CC2CC2)cc1F. The molecule has 0 aromatic heterocycles. The highest BCUT2D eigenvalue weighted by atomic mass is 19.1. The molecule has 0 spiro atoms. The second-order valence-electron chi connectivity index (χ2n) is 6.05. The summed E-state index contributed by atoms with van der Waals surface area (Å²) in [6.07, 6.45) is 2.23. The highest BCUT2D eigenvalue weighted by Gasteiger charge is 2.18. The van der Waals surface area contributed by atoms with E-state index in [1.807, 2.05) is 0 Å². The second-order valence-corrected chi connectivity index (χ2v) is 6.05. The fourth-order valence-corrected chi connectivity index (χ4v) is 2.51. The van der Waals surface area contributed by atoms with Crippen molar-refractivity contribution in [1.82, 2.24) is 0 Å². The molecule has 2 aromatic carbocycles. The molecular formula is C20H16FNO3. The Hall–Kier alpha value is -3.00. The zero-order valence-electron chi connectivity index (χ0n) is 13.5. The molecule has 2 aliphatic rings. The molecule has 1 aliphatic heterocycles. The number of anilines is 1. The van der Waals surface area contributed by atoms with E-state index in [1.54, 1.807) is 24.3 Å². The number of amides is 1. The molecule has 1 heterocycles. The van der Waals surface area contributed by atoms with Gasteiger partial charge in [0.05, 0.1) is 5.56 Å². The third-order valence-electron chi connectivity index (χ3n) is 4.01. The lowest BCUT2D eigenvalue weighted by molar-refractivity contribution is 0.102. The van der Waals surface area contributed by atoms with Gasteiger partial charge in [-0.05, 0) is 43.2 Å². The summed E-state index contributed by atoms with van der Waals surface area (Å²) in [5, 5.41) is 2.68. The molecule has 126 valence electrons. The number of hydrogen-bond donors (Lipinski definition) is 1. The average molecular weight is 337 g/mol. The van der Waals surface area contributed by atoms with Crippen molar-refractivity contribution in [2.45, 2.75) is 12.8 Å². The zero-order valence-corrected chi connectivity index (χ0v) is 13.5. The molecule has 1 aliphatic carbocycles. The number of hydrogen-bond acceptors (Lipinski definition) is 3. The summed E-state index contributed by atoms with van der Waals surface area (Å²) >= 11 is 0. The summed E-state index contributed by atoms with van der Waals surface area (Å²) in [6, 6.07) is 9.50. The van der Waals surface area contributed by atoms with Gasteiger partial charge >= 0.3 is 0 Å². The molecule has 4 nitrogen and oxygen atoms in total. The first-order chi connectivity index (χ1) is 12.2. The lowest BCUT2D eigenvalue weighted by atomic mass is 10.1. The fraction of sp³-hybridized carbons (Fsp3) is 0.250. The lowest BCUT2D eigenvalue weighted by Crippen LogP contribution is -2.17. The van der Waals surface area contributed by atoms with Crippen LogP contribution in [0.5, 0.6) is 11.5 Å². The molecule has 25 heavy (non-hydrogen) atoms. The van der Waals surface area contributed by atoms with E-state index in [-0.39, 0.29) is 5.56 Å². The highest BCUT2D eigenvalue weighted by Crippen LogP contribution is 2.32. The molecule has 4 rings (SSSR count). The quantitative estimate of drug-likeness (QED) is 0.852. The van der Waals surface area contributed by atoms with E-state index in [4.69, 9.17) is 9.47 Å². The van der Waals surface area contributed by atoms with Crippen molar-refractivity contribution >= 4 is 11.6 Å². The van der Waals surface area contributed by atoms with E-state index in [2.05, 4.69) is 17.2 Å². The second kappa shape index (κ2) is 6.48. The van der Waals surface area contributed by atoms with E-state index in [9.17, 15) is 9.18 Å². The third-order valence-corrected chi connectivity index (χ3v) is 4.01. The van der Waals surface area contributed by atoms with Crippen LogP contribution in [0.4, 0.5) is 10.1 Å². The molecule has 1 saturated carbocycles. The van der Waals surface area contributed by atoms with E-state index in [0.717, 1.165) is 12.8 Å². The maximum absolute atomic E-state index is 14.2. The number of rotatable bonds is 2. The third kappa shape index (κ3) is 3.58. The minimum atomic E-state index is -0.586. The maximum Gasteiger partial charge on any atom is 0.258 e. The van der Waals surface area contributed by atoms with Gasteiger partial charge in [-0.15, -0.1) is 0 Å². The Morgan fingerprint density at radius 2 is 1.88 bits per heavy atom. The van der Waals surface area contributed by atoms with Crippen molar-refractivity contribution in [2.75, 3.05) is 18.5 Å². The molecule has 0 atom stereocenters. The zero-order chi connectivity index (χ0) is 17.2. The standard InChI is InChI=1S/C20H16FNO3/c21-17-11-14(4-3-13-1-2-13)5-7-16(17)20(23)22-15-6-8-18-19(12-15)25-10-9-24-18/h5-8,11-13H,1-2,9-10H2,(H,22,23). The minimum Gasteiger partial charge on any atom is -0.486 e. The number of fused-ring (bicyclic) bond motifs is 1. The summed E-state index contributed by atoms with van der Waals surface area (Å²) < 4.78 is 25.2. The first kappa shape index (κ1) is 15.5. The van der Waals surface area contributed by atoms with Gasteiger partial charge in [-0.2, -0.15) is 0 Å². The molecule has 0 radical (unpaired) electrons. The van der Waals surface area contributed by atoms with E-state index >= 15 is 0 Å². The molecule has 0 bridgehead atoms. The summed E-state index contributed by atoms with van der Waals surface area (Å²) in [7, 11) is 0. The topological polar surface area (TPSA) is 47.6 Å². The Bertz CT molecular complexity index is 894. The predicted molar refractivity (Wildman–Crippen MR) is 91.4 cm³/mol. The van der Waals surface area contributed by atoms with E-state index in [0.29, 0.717) is 41.9 Å². The molecule has 1 fully saturated rings. The highest BCUT2D eigenvalue weighted by molar-refractivity contribution is 6.04. The van der Waals surface area contributed by atoms with E-state index < -0.39 is 11.7 Å². The van der Waals surface area contributed by atoms with Crippen LogP contribution in [0, 0.1) is 23.6 Å². The van der Waals surface area contributed by atoms with Crippen LogP contribution >= 0.6 is 0 Å². The Kier molecular flexibility index (Phi) is 4.02. The smallest absolute Gasteiger partial charge is 0.258 e. The normalized spacial score (nSPS) is 15.1. The van der Waals surface area contributed by atoms with Crippen LogP contribution in [0.1, 0.15) is 28.8 Å². The Morgan fingerprint density at radius 3 is 2.64 bits per heavy atom. The van der Waals surface area contributed by atoms with Crippen molar-refractivity contribution in [1.29, 1.82) is 0 Å². The number of carbonyl (C=O) groups excluding carboxylic acids is 1. The van der Waals surface area contributed by atoms with Crippen molar-refractivity contribution in [3.05, 3.63) is 53.3 Å². The van der Waals surface area contributed by atoms with E-state index in [1.165, 1.54) is 12.1 Å². The van der Waals surface area contributed by atoms with Crippen molar-refractivity contribution < 1.29 is 18.7 Å². The molecule has 0 saturated heterocycles. The van der Waals surface area contributed by atoms with Gasteiger partial charge < -0.3 is 14.8 Å². The van der Waals surface area contributed by atoms with Gasteiger partial charge in [-0.25, -0.2) is 4.39 Å². The van der Waals surface area contributed by atoms with Crippen LogP contribution < -0.4 is 14.8 Å². The number of nitrogens with one attached hydrogen (secondary N) is 1. The maximum atomic E-state index is 14.2. The molecule has 2 aromatic rings. The van der Waals surface area contributed by atoms with Gasteiger partial charge in [0, 0.05) is 23.2 Å². The summed E-state index contributed by atoms with van der Waals surface area (Å²) in [4.78, 5) is 12.3. The predicted octanol–water partition coefficient (Wildman–Crippen LogP) is 3.61. The Labute approximate surface area is 144 Å². The van der Waals surface area contributed by atoms with Crippen molar-refractivity contribution in [3.63, 3.8) is 0 Å². The van der Waals surface area contributed by atoms with Crippen molar-refractivity contribution in [3.8, 4) is 23.3 Å². The summed E-state index contributed by atoms with van der Waals surface area (Å²) in [5.74, 6) is 6.56. The van der Waals surface area contributed by atoms with Gasteiger partial charge in [0.15, 0.2) is 11.5 Å². The number of benzene rings is 2. The molecule has 0 unspecified atom stereocenters. The Morgan fingerprint density at radius 1 is 1.08 bits per heavy atom. The fourth-order valence-electron chi connectivity index (χ4n) is 2.51.